The molecule has 1 aromatic carbocycles. The van der Waals surface area contributed by atoms with Crippen LogP contribution in [0.3, 0.4) is 0 Å². The van der Waals surface area contributed by atoms with E-state index in [9.17, 15) is 4.79 Å². The summed E-state index contributed by atoms with van der Waals surface area (Å²) in [6.07, 6.45) is 4.77. The van der Waals surface area contributed by atoms with Gasteiger partial charge in [-0.1, -0.05) is 74.9 Å². The molecule has 5 rings (SSSR count). The number of Topliss-reactive ketones (excluding diaryl/α,β-unsaturated/α-hetero) is 1. The van der Waals surface area contributed by atoms with E-state index in [4.69, 9.17) is 14.2 Å². The van der Waals surface area contributed by atoms with Crippen LogP contribution in [0.5, 0.6) is 5.88 Å². The molecule has 0 saturated carbocycles. The van der Waals surface area contributed by atoms with E-state index in [1.807, 2.05) is 48.7 Å². The van der Waals surface area contributed by atoms with Crippen molar-refractivity contribution >= 4 is 32.4 Å². The number of hydrogen-bond donors (Lipinski definition) is 0. The van der Waals surface area contributed by atoms with Crippen LogP contribution in [0, 0.1) is 0 Å². The highest BCUT2D eigenvalue weighted by Crippen LogP contribution is 2.30. The summed E-state index contributed by atoms with van der Waals surface area (Å²) >= 11 is 1.55. The number of hydrogen-bond acceptors (Lipinski definition) is 7. The van der Waals surface area contributed by atoms with Gasteiger partial charge in [-0.2, -0.15) is 0 Å². The number of thiazole rings is 1. The summed E-state index contributed by atoms with van der Waals surface area (Å²) in [5.74, 6) is 1.55. The van der Waals surface area contributed by atoms with Gasteiger partial charge >= 0.3 is 0 Å². The molecule has 0 N–H and O–H groups in total. The first-order valence-corrected chi connectivity index (χ1v) is 13.1. The third kappa shape index (κ3) is 5.18. The molecule has 0 bridgehead atoms. The van der Waals surface area contributed by atoms with E-state index in [1.54, 1.807) is 11.3 Å². The van der Waals surface area contributed by atoms with Crippen molar-refractivity contribution in [3.8, 4) is 17.1 Å². The van der Waals surface area contributed by atoms with Gasteiger partial charge in [-0.3, -0.25) is 9.20 Å². The van der Waals surface area contributed by atoms with Gasteiger partial charge in [0.2, 0.25) is 5.88 Å². The number of benzene rings is 1. The number of pyridine rings is 1. The first-order chi connectivity index (χ1) is 17.3. The predicted molar refractivity (Wildman–Crippen MR) is 142 cm³/mol. The number of ether oxygens (including phenoxy) is 1. The van der Waals surface area contributed by atoms with E-state index in [1.165, 1.54) is 0 Å². The zero-order valence-electron chi connectivity index (χ0n) is 21.1. The Morgan fingerprint density at radius 3 is 2.61 bits per heavy atom. The molecule has 186 valence electrons. The zero-order valence-corrected chi connectivity index (χ0v) is 21.9. The fraction of sp³-hybridized carbons (Fsp3) is 0.357. The number of unbranched alkanes of at least 4 members (excludes halogenated alkanes) is 1. The normalized spacial score (nSPS) is 12.0. The maximum Gasteiger partial charge on any atom is 0.214 e. The number of ketones is 1. The van der Waals surface area contributed by atoms with Crippen molar-refractivity contribution in [2.24, 2.45) is 0 Å². The van der Waals surface area contributed by atoms with Gasteiger partial charge in [0.05, 0.1) is 29.9 Å². The summed E-state index contributed by atoms with van der Waals surface area (Å²) in [5, 5.41) is 4.06. The minimum Gasteiger partial charge on any atom is -0.478 e. The average Bonchev–Trinajstić information content (AvgIpc) is 3.54. The van der Waals surface area contributed by atoms with E-state index < -0.39 is 0 Å². The second-order valence-corrected chi connectivity index (χ2v) is 11.0. The van der Waals surface area contributed by atoms with Crippen molar-refractivity contribution in [2.45, 2.75) is 58.8 Å². The van der Waals surface area contributed by atoms with Crippen molar-refractivity contribution in [1.82, 2.24) is 19.5 Å². The fourth-order valence-corrected chi connectivity index (χ4v) is 4.92. The van der Waals surface area contributed by atoms with Crippen LogP contribution in [-0.2, 0) is 23.1 Å². The first-order valence-electron chi connectivity index (χ1n) is 12.3. The van der Waals surface area contributed by atoms with Gasteiger partial charge in [-0.25, -0.2) is 9.97 Å². The standard InChI is InChI=1S/C28H30N4O3S/c1-5-6-13-34-25-12-11-23-26(30-25)36-27-29-22(17-32(23)27)19-9-7-18(8-10-19)14-21(33)15-20-16-24(35-31-20)28(2,3)4/h7-12,16-17H,5-6,13-15H2,1-4H3. The number of carbonyl (C=O) groups is 1. The van der Waals surface area contributed by atoms with E-state index in [0.717, 1.165) is 50.7 Å². The Morgan fingerprint density at radius 2 is 1.89 bits per heavy atom. The number of imidazole rings is 1. The number of nitrogens with zero attached hydrogens (tertiary/aromatic N) is 4. The molecule has 0 amide bonds. The second kappa shape index (κ2) is 9.85. The molecule has 4 heterocycles. The lowest BCUT2D eigenvalue weighted by Crippen LogP contribution is -2.09. The molecule has 0 atom stereocenters. The summed E-state index contributed by atoms with van der Waals surface area (Å²) in [6, 6.07) is 13.8. The summed E-state index contributed by atoms with van der Waals surface area (Å²) in [7, 11) is 0. The van der Waals surface area contributed by atoms with Gasteiger partial charge in [0, 0.05) is 35.7 Å². The predicted octanol–water partition coefficient (Wildman–Crippen LogP) is 6.43. The zero-order chi connectivity index (χ0) is 25.3. The molecule has 0 saturated heterocycles. The van der Waals surface area contributed by atoms with Gasteiger partial charge in [0.25, 0.3) is 0 Å². The second-order valence-electron chi connectivity index (χ2n) is 10.1. The molecule has 0 fully saturated rings. The summed E-state index contributed by atoms with van der Waals surface area (Å²) < 4.78 is 13.2. The quantitative estimate of drug-likeness (QED) is 0.216. The molecule has 36 heavy (non-hydrogen) atoms. The van der Waals surface area contributed by atoms with Crippen molar-refractivity contribution < 1.29 is 14.1 Å². The molecule has 0 aliphatic carbocycles. The largest absolute Gasteiger partial charge is 0.478 e. The number of fused-ring (bicyclic) bond motifs is 3. The number of carbonyl (C=O) groups excluding carboxylic acids is 1. The minimum absolute atomic E-state index is 0.107. The van der Waals surface area contributed by atoms with Crippen LogP contribution in [0.4, 0.5) is 0 Å². The van der Waals surface area contributed by atoms with Crippen LogP contribution in [0.2, 0.25) is 0 Å². The molecule has 0 radical (unpaired) electrons. The smallest absolute Gasteiger partial charge is 0.214 e. The summed E-state index contributed by atoms with van der Waals surface area (Å²) in [6.45, 7) is 9.00. The Bertz CT molecular complexity index is 1510. The highest BCUT2D eigenvalue weighted by molar-refractivity contribution is 7.23. The fourth-order valence-electron chi connectivity index (χ4n) is 3.94. The van der Waals surface area contributed by atoms with E-state index >= 15 is 0 Å². The van der Waals surface area contributed by atoms with E-state index in [0.29, 0.717) is 24.6 Å². The van der Waals surface area contributed by atoms with Crippen LogP contribution < -0.4 is 4.74 Å². The van der Waals surface area contributed by atoms with Gasteiger partial charge in [0.1, 0.15) is 16.4 Å². The van der Waals surface area contributed by atoms with Crippen molar-refractivity contribution in [3.63, 3.8) is 0 Å². The van der Waals surface area contributed by atoms with Crippen LogP contribution in [0.15, 0.2) is 53.2 Å². The Labute approximate surface area is 214 Å². The Morgan fingerprint density at radius 1 is 1.08 bits per heavy atom. The molecule has 7 nitrogen and oxygen atoms in total. The summed E-state index contributed by atoms with van der Waals surface area (Å²) in [5.41, 5.74) is 4.44. The van der Waals surface area contributed by atoms with Crippen LogP contribution in [0.25, 0.3) is 26.6 Å². The molecular formula is C28H30N4O3S. The number of rotatable bonds is 9. The lowest BCUT2D eigenvalue weighted by Gasteiger charge is -2.12. The highest BCUT2D eigenvalue weighted by Gasteiger charge is 2.20. The SMILES string of the molecule is CCCCOc1ccc2c(n1)sc1nc(-c3ccc(CC(=O)Cc4cc(C(C)(C)C)on4)cc3)cn12. The molecule has 5 aromatic rings. The maximum atomic E-state index is 12.6. The first kappa shape index (κ1) is 24.2. The van der Waals surface area contributed by atoms with Gasteiger partial charge in [0.15, 0.2) is 4.96 Å². The summed E-state index contributed by atoms with van der Waals surface area (Å²) in [4.78, 5) is 23.8. The monoisotopic (exact) mass is 502 g/mol. The molecule has 0 aliphatic rings. The molecule has 0 spiro atoms. The van der Waals surface area contributed by atoms with Crippen LogP contribution in [-0.4, -0.2) is 31.9 Å². The van der Waals surface area contributed by atoms with Crippen molar-refractivity contribution in [2.75, 3.05) is 6.61 Å². The highest BCUT2D eigenvalue weighted by atomic mass is 32.1. The van der Waals surface area contributed by atoms with Crippen LogP contribution >= 0.6 is 11.3 Å². The Kier molecular flexibility index (Phi) is 6.62. The van der Waals surface area contributed by atoms with Crippen molar-refractivity contribution in [1.29, 1.82) is 0 Å². The molecule has 0 unspecified atom stereocenters. The Hall–Kier alpha value is -3.52. The molecular weight excluding hydrogens is 472 g/mol. The van der Waals surface area contributed by atoms with E-state index in [2.05, 4.69) is 42.2 Å². The molecule has 4 aromatic heterocycles. The van der Waals surface area contributed by atoms with Crippen molar-refractivity contribution in [3.05, 3.63) is 65.7 Å². The lowest BCUT2D eigenvalue weighted by atomic mass is 9.93. The van der Waals surface area contributed by atoms with Gasteiger partial charge < -0.3 is 9.26 Å². The number of aromatic nitrogens is 4. The minimum atomic E-state index is -0.125. The van der Waals surface area contributed by atoms with E-state index in [-0.39, 0.29) is 17.6 Å². The third-order valence-corrected chi connectivity index (χ3v) is 6.98. The molecule has 0 aliphatic heterocycles. The third-order valence-electron chi connectivity index (χ3n) is 6.01. The van der Waals surface area contributed by atoms with Crippen LogP contribution in [0.1, 0.15) is 57.6 Å². The topological polar surface area (TPSA) is 82.5 Å². The van der Waals surface area contributed by atoms with Gasteiger partial charge in [-0.05, 0) is 18.1 Å². The molecule has 8 heteroatoms. The maximum absolute atomic E-state index is 12.6. The van der Waals surface area contributed by atoms with Gasteiger partial charge in [-0.15, -0.1) is 0 Å². The average molecular weight is 503 g/mol. The Balaban J connectivity index is 1.26. The lowest BCUT2D eigenvalue weighted by molar-refractivity contribution is -0.117.